The lowest BCUT2D eigenvalue weighted by molar-refractivity contribution is 0.0698. The summed E-state index contributed by atoms with van der Waals surface area (Å²) in [7, 11) is -4.00. The summed E-state index contributed by atoms with van der Waals surface area (Å²) in [6.07, 6.45) is 1.40. The molecule has 2 N–H and O–H groups in total. The Bertz CT molecular complexity index is 710. The van der Waals surface area contributed by atoms with Crippen LogP contribution in [0.4, 0.5) is 5.82 Å². The maximum absolute atomic E-state index is 12.2. The summed E-state index contributed by atoms with van der Waals surface area (Å²) in [6, 6.07) is 2.94. The molecule has 0 aromatic carbocycles. The van der Waals surface area contributed by atoms with Crippen LogP contribution in [0.2, 0.25) is 0 Å². The van der Waals surface area contributed by atoms with Crippen LogP contribution in [0.15, 0.2) is 28.6 Å². The molecule has 9 heteroatoms. The summed E-state index contributed by atoms with van der Waals surface area (Å²) in [5.74, 6) is -1.25. The van der Waals surface area contributed by atoms with Crippen LogP contribution in [0.5, 0.6) is 0 Å². The number of nitrogens with zero attached hydrogens (tertiary/aromatic N) is 2. The highest BCUT2D eigenvalue weighted by molar-refractivity contribution is 7.93. The number of thiophene rings is 1. The van der Waals surface area contributed by atoms with Crippen LogP contribution in [0, 0.1) is 6.92 Å². The molecule has 7 nitrogen and oxygen atoms in total. The van der Waals surface area contributed by atoms with E-state index in [1.165, 1.54) is 30.6 Å². The average molecular weight is 299 g/mol. The van der Waals surface area contributed by atoms with E-state index in [1.807, 2.05) is 0 Å². The van der Waals surface area contributed by atoms with Crippen molar-refractivity contribution in [1.82, 2.24) is 10.2 Å². The maximum Gasteiger partial charge on any atom is 0.347 e. The Morgan fingerprint density at radius 3 is 2.79 bits per heavy atom. The van der Waals surface area contributed by atoms with E-state index in [0.29, 0.717) is 5.56 Å². The van der Waals surface area contributed by atoms with Crippen LogP contribution >= 0.6 is 11.3 Å². The zero-order chi connectivity index (χ0) is 14.0. The number of carboxylic acids is 1. The van der Waals surface area contributed by atoms with E-state index in [4.69, 9.17) is 5.11 Å². The largest absolute Gasteiger partial charge is 0.477 e. The van der Waals surface area contributed by atoms with Crippen molar-refractivity contribution >= 4 is 33.1 Å². The van der Waals surface area contributed by atoms with Crippen LogP contribution in [-0.2, 0) is 10.0 Å². The molecule has 19 heavy (non-hydrogen) atoms. The van der Waals surface area contributed by atoms with Gasteiger partial charge in [-0.1, -0.05) is 0 Å². The second-order valence-electron chi connectivity index (χ2n) is 3.60. The van der Waals surface area contributed by atoms with E-state index in [9.17, 15) is 13.2 Å². The Morgan fingerprint density at radius 1 is 1.47 bits per heavy atom. The van der Waals surface area contributed by atoms with Crippen molar-refractivity contribution in [3.8, 4) is 0 Å². The van der Waals surface area contributed by atoms with Gasteiger partial charge in [0.25, 0.3) is 10.0 Å². The van der Waals surface area contributed by atoms with E-state index in [-0.39, 0.29) is 15.6 Å². The lowest BCUT2D eigenvalue weighted by Gasteiger charge is -2.07. The molecule has 2 rings (SSSR count). The zero-order valence-electron chi connectivity index (χ0n) is 9.69. The minimum absolute atomic E-state index is 0.0319. The van der Waals surface area contributed by atoms with Crippen LogP contribution in [0.3, 0.4) is 0 Å². The molecule has 0 radical (unpaired) electrons. The molecule has 0 aliphatic carbocycles. The summed E-state index contributed by atoms with van der Waals surface area (Å²) in [6.45, 7) is 1.54. The van der Waals surface area contributed by atoms with Crippen LogP contribution in [0.25, 0.3) is 0 Å². The minimum atomic E-state index is -4.00. The number of aryl methyl sites for hydroxylation is 1. The van der Waals surface area contributed by atoms with Gasteiger partial charge in [0.05, 0.1) is 0 Å². The molecule has 0 saturated heterocycles. The Balaban J connectivity index is 2.46. The molecule has 0 atom stereocenters. The molecular formula is C10H9N3O4S2. The smallest absolute Gasteiger partial charge is 0.347 e. The first-order chi connectivity index (χ1) is 8.92. The second kappa shape index (κ2) is 4.94. The van der Waals surface area contributed by atoms with Gasteiger partial charge in [0.2, 0.25) is 0 Å². The average Bonchev–Trinajstić information content (AvgIpc) is 2.73. The summed E-state index contributed by atoms with van der Waals surface area (Å²) in [5.41, 5.74) is 0.374. The van der Waals surface area contributed by atoms with E-state index < -0.39 is 16.0 Å². The first kappa shape index (κ1) is 13.4. The van der Waals surface area contributed by atoms with Crippen molar-refractivity contribution < 1.29 is 18.3 Å². The normalized spacial score (nSPS) is 11.2. The Hall–Kier alpha value is -2.00. The fraction of sp³-hybridized carbons (Fsp3) is 0.100. The van der Waals surface area contributed by atoms with Crippen molar-refractivity contribution in [2.45, 2.75) is 11.8 Å². The van der Waals surface area contributed by atoms with Gasteiger partial charge in [0.15, 0.2) is 5.82 Å². The SMILES string of the molecule is Cc1csc(C(=O)O)c1S(=O)(=O)Nc1cccnn1. The van der Waals surface area contributed by atoms with Crippen molar-refractivity contribution in [3.05, 3.63) is 34.2 Å². The predicted molar refractivity (Wildman–Crippen MR) is 68.9 cm³/mol. The number of aromatic carboxylic acids is 1. The van der Waals surface area contributed by atoms with Crippen molar-refractivity contribution in [2.75, 3.05) is 4.72 Å². The first-order valence-corrected chi connectivity index (χ1v) is 7.40. The van der Waals surface area contributed by atoms with Gasteiger partial charge >= 0.3 is 5.97 Å². The Labute approximate surface area is 113 Å². The summed E-state index contributed by atoms with van der Waals surface area (Å²) >= 11 is 0.867. The topological polar surface area (TPSA) is 109 Å². The fourth-order valence-electron chi connectivity index (χ4n) is 1.46. The number of rotatable bonds is 4. The highest BCUT2D eigenvalue weighted by Crippen LogP contribution is 2.28. The highest BCUT2D eigenvalue weighted by Gasteiger charge is 2.27. The second-order valence-corrected chi connectivity index (χ2v) is 6.10. The highest BCUT2D eigenvalue weighted by atomic mass is 32.2. The van der Waals surface area contributed by atoms with Gasteiger partial charge in [-0.2, -0.15) is 5.10 Å². The number of carboxylic acid groups (broad SMARTS) is 1. The van der Waals surface area contributed by atoms with Gasteiger partial charge in [-0.25, -0.2) is 13.2 Å². The quantitative estimate of drug-likeness (QED) is 0.881. The van der Waals surface area contributed by atoms with Crippen molar-refractivity contribution in [1.29, 1.82) is 0 Å². The number of sulfonamides is 1. The molecule has 100 valence electrons. The summed E-state index contributed by atoms with van der Waals surface area (Å²) < 4.78 is 26.5. The van der Waals surface area contributed by atoms with E-state index in [0.717, 1.165) is 11.3 Å². The van der Waals surface area contributed by atoms with Gasteiger partial charge in [0, 0.05) is 6.20 Å². The first-order valence-electron chi connectivity index (χ1n) is 5.03. The third kappa shape index (κ3) is 2.71. The molecule has 0 bridgehead atoms. The van der Waals surface area contributed by atoms with Gasteiger partial charge in [-0.3, -0.25) is 4.72 Å². The number of carbonyl (C=O) groups is 1. The Morgan fingerprint density at radius 2 is 2.21 bits per heavy atom. The van der Waals surface area contributed by atoms with Crippen molar-refractivity contribution in [3.63, 3.8) is 0 Å². The predicted octanol–water partition coefficient (Wildman–Crippen LogP) is 1.35. The zero-order valence-corrected chi connectivity index (χ0v) is 11.3. The number of aromatic nitrogens is 2. The molecular weight excluding hydrogens is 290 g/mol. The molecule has 2 aromatic heterocycles. The van der Waals surface area contributed by atoms with E-state index >= 15 is 0 Å². The minimum Gasteiger partial charge on any atom is -0.477 e. The molecule has 0 fully saturated rings. The number of nitrogens with one attached hydrogen (secondary N) is 1. The lowest BCUT2D eigenvalue weighted by Crippen LogP contribution is -2.17. The molecule has 0 amide bonds. The van der Waals surface area contributed by atoms with Gasteiger partial charge < -0.3 is 5.11 Å². The number of hydrogen-bond acceptors (Lipinski definition) is 6. The lowest BCUT2D eigenvalue weighted by atomic mass is 10.3. The molecule has 0 aliphatic rings. The molecule has 0 unspecified atom stereocenters. The molecule has 0 saturated carbocycles. The molecule has 0 aliphatic heterocycles. The van der Waals surface area contributed by atoms with Gasteiger partial charge in [0.1, 0.15) is 9.77 Å². The third-order valence-electron chi connectivity index (χ3n) is 2.19. The van der Waals surface area contributed by atoms with Crippen LogP contribution in [0.1, 0.15) is 15.2 Å². The van der Waals surface area contributed by atoms with Crippen LogP contribution < -0.4 is 4.72 Å². The van der Waals surface area contributed by atoms with Gasteiger partial charge in [-0.15, -0.1) is 16.4 Å². The van der Waals surface area contributed by atoms with E-state index in [2.05, 4.69) is 14.9 Å². The standard InChI is InChI=1S/C10H9N3O4S2/c1-6-5-18-8(10(14)15)9(6)19(16,17)13-7-3-2-4-11-12-7/h2-5H,1H3,(H,12,13)(H,14,15). The number of anilines is 1. The summed E-state index contributed by atoms with van der Waals surface area (Å²) in [5, 5.41) is 17.6. The third-order valence-corrected chi connectivity index (χ3v) is 4.95. The Kier molecular flexibility index (Phi) is 3.49. The number of hydrogen-bond donors (Lipinski definition) is 2. The van der Waals surface area contributed by atoms with Crippen LogP contribution in [-0.4, -0.2) is 29.7 Å². The van der Waals surface area contributed by atoms with Crippen molar-refractivity contribution in [2.24, 2.45) is 0 Å². The molecule has 0 spiro atoms. The summed E-state index contributed by atoms with van der Waals surface area (Å²) in [4.78, 5) is 10.6. The fourth-order valence-corrected chi connectivity index (χ4v) is 4.09. The molecule has 2 heterocycles. The maximum atomic E-state index is 12.2. The van der Waals surface area contributed by atoms with Gasteiger partial charge in [-0.05, 0) is 30.0 Å². The van der Waals surface area contributed by atoms with E-state index in [1.54, 1.807) is 0 Å². The monoisotopic (exact) mass is 299 g/mol. The molecule has 2 aromatic rings.